The Hall–Kier alpha value is -2.15. The molecule has 0 aliphatic carbocycles. The summed E-state index contributed by atoms with van der Waals surface area (Å²) in [4.78, 5) is 10.5. The zero-order valence-corrected chi connectivity index (χ0v) is 22.0. The van der Waals surface area contributed by atoms with E-state index in [2.05, 4.69) is 65.8 Å². The van der Waals surface area contributed by atoms with Gasteiger partial charge in [0.1, 0.15) is 6.29 Å². The molecule has 0 heterocycles. The highest BCUT2D eigenvalue weighted by Crippen LogP contribution is 2.30. The molecule has 0 spiro atoms. The van der Waals surface area contributed by atoms with Gasteiger partial charge in [-0.05, 0) is 74.5 Å². The van der Waals surface area contributed by atoms with Crippen LogP contribution in [0.1, 0.15) is 97.8 Å². The quantitative estimate of drug-likeness (QED) is 0.0559. The summed E-state index contributed by atoms with van der Waals surface area (Å²) >= 11 is 0. The first kappa shape index (κ1) is 30.9. The zero-order valence-electron chi connectivity index (χ0n) is 22.0. The largest absolute Gasteiger partial charge is 0.299 e. The van der Waals surface area contributed by atoms with Crippen molar-refractivity contribution in [1.82, 2.24) is 0 Å². The Labute approximate surface area is 205 Å². The Morgan fingerprint density at radius 1 is 0.818 bits per heavy atom. The van der Waals surface area contributed by atoms with E-state index in [9.17, 15) is 4.79 Å². The first-order valence-corrected chi connectivity index (χ1v) is 12.9. The fourth-order valence-electron chi connectivity index (χ4n) is 3.78. The highest BCUT2D eigenvalue weighted by Gasteiger charge is 2.15. The standard InChI is InChI=1S/C32H50O/c1-9-10-11-13-16-20-26(2)21-17-14-12-15-18-22-27(3)29(5)25-30(6)32(8)31(7)28(4)23-19-24-33/h12,14,19,23-24,27,32H,2,4-7,9-11,13,15-18,20-22,25H2,1,3,8H3/b14-12+,23-19+/t27-,32-/m0/s1. The summed E-state index contributed by atoms with van der Waals surface area (Å²) in [5.74, 6) is 0.591. The van der Waals surface area contributed by atoms with Crippen LogP contribution in [0, 0.1) is 11.8 Å². The molecule has 184 valence electrons. The van der Waals surface area contributed by atoms with E-state index in [1.165, 1.54) is 62.2 Å². The van der Waals surface area contributed by atoms with Gasteiger partial charge in [-0.1, -0.05) is 114 Å². The lowest BCUT2D eigenvalue weighted by Crippen LogP contribution is -2.07. The van der Waals surface area contributed by atoms with Crippen LogP contribution >= 0.6 is 0 Å². The van der Waals surface area contributed by atoms with E-state index in [-0.39, 0.29) is 5.92 Å². The van der Waals surface area contributed by atoms with Crippen LogP contribution in [0.2, 0.25) is 0 Å². The lowest BCUT2D eigenvalue weighted by atomic mass is 9.84. The Morgan fingerprint density at radius 2 is 1.48 bits per heavy atom. The van der Waals surface area contributed by atoms with Crippen LogP contribution in [0.25, 0.3) is 0 Å². The van der Waals surface area contributed by atoms with Crippen molar-refractivity contribution in [3.63, 3.8) is 0 Å². The topological polar surface area (TPSA) is 17.1 Å². The van der Waals surface area contributed by atoms with E-state index >= 15 is 0 Å². The van der Waals surface area contributed by atoms with E-state index in [4.69, 9.17) is 0 Å². The summed E-state index contributed by atoms with van der Waals surface area (Å²) in [5, 5.41) is 0. The molecule has 0 bridgehead atoms. The number of unbranched alkanes of at least 4 members (excludes halogenated alkanes) is 5. The number of hydrogen-bond acceptors (Lipinski definition) is 1. The molecule has 0 aromatic carbocycles. The Morgan fingerprint density at radius 3 is 2.15 bits per heavy atom. The van der Waals surface area contributed by atoms with Crippen molar-refractivity contribution in [3.8, 4) is 0 Å². The molecule has 1 heteroatoms. The maximum atomic E-state index is 10.5. The lowest BCUT2D eigenvalue weighted by molar-refractivity contribution is -0.104. The third-order valence-corrected chi connectivity index (χ3v) is 6.55. The third-order valence-electron chi connectivity index (χ3n) is 6.55. The van der Waals surface area contributed by atoms with Crippen molar-refractivity contribution in [1.29, 1.82) is 0 Å². The minimum absolute atomic E-state index is 0.117. The third kappa shape index (κ3) is 15.3. The molecule has 0 aromatic rings. The minimum Gasteiger partial charge on any atom is -0.299 e. The highest BCUT2D eigenvalue weighted by atomic mass is 16.1. The van der Waals surface area contributed by atoms with Gasteiger partial charge in [0, 0.05) is 5.92 Å². The van der Waals surface area contributed by atoms with Gasteiger partial charge in [-0.2, -0.15) is 0 Å². The predicted octanol–water partition coefficient (Wildman–Crippen LogP) is 10.1. The predicted molar refractivity (Wildman–Crippen MR) is 149 cm³/mol. The number of rotatable bonds is 21. The van der Waals surface area contributed by atoms with Crippen LogP contribution in [0.4, 0.5) is 0 Å². The Kier molecular flexibility index (Phi) is 18.1. The van der Waals surface area contributed by atoms with Crippen molar-refractivity contribution in [2.45, 2.75) is 97.8 Å². The molecule has 0 saturated heterocycles. The summed E-state index contributed by atoms with van der Waals surface area (Å²) in [7, 11) is 0. The average molecular weight is 451 g/mol. The maximum Gasteiger partial charge on any atom is 0.142 e. The molecule has 0 amide bonds. The van der Waals surface area contributed by atoms with E-state index in [1.807, 2.05) is 0 Å². The van der Waals surface area contributed by atoms with Gasteiger partial charge in [0.05, 0.1) is 0 Å². The number of carbonyl (C=O) groups excluding carboxylic acids is 1. The molecule has 2 atom stereocenters. The monoisotopic (exact) mass is 450 g/mol. The summed E-state index contributed by atoms with van der Waals surface area (Å²) in [5.41, 5.74) is 5.41. The second kappa shape index (κ2) is 19.3. The molecule has 0 rings (SSSR count). The van der Waals surface area contributed by atoms with E-state index in [0.717, 1.165) is 55.1 Å². The number of hydrogen-bond donors (Lipinski definition) is 0. The molecule has 0 radical (unpaired) electrons. The van der Waals surface area contributed by atoms with Crippen LogP contribution in [0.5, 0.6) is 0 Å². The highest BCUT2D eigenvalue weighted by molar-refractivity contribution is 5.66. The zero-order chi connectivity index (χ0) is 25.1. The SMILES string of the molecule is C=C(CC/C=C/CCC[C@H](C)C(=C)CC(=C)[C@H](C)C(=C)C(=C)/C=C/C=O)CCCCCCC. The molecular formula is C32H50O. The van der Waals surface area contributed by atoms with Crippen molar-refractivity contribution >= 4 is 6.29 Å². The molecule has 0 aliphatic heterocycles. The van der Waals surface area contributed by atoms with Crippen molar-refractivity contribution < 1.29 is 4.79 Å². The molecular weight excluding hydrogens is 400 g/mol. The fraction of sp³-hybridized carbons (Fsp3) is 0.531. The van der Waals surface area contributed by atoms with Gasteiger partial charge >= 0.3 is 0 Å². The Bertz CT molecular complexity index is 700. The van der Waals surface area contributed by atoms with Gasteiger partial charge in [-0.25, -0.2) is 0 Å². The summed E-state index contributed by atoms with van der Waals surface area (Å²) in [6.45, 7) is 27.6. The van der Waals surface area contributed by atoms with Crippen molar-refractivity contribution in [2.24, 2.45) is 11.8 Å². The average Bonchev–Trinajstić information content (AvgIpc) is 2.80. The van der Waals surface area contributed by atoms with E-state index in [0.29, 0.717) is 5.92 Å². The second-order valence-corrected chi connectivity index (χ2v) is 9.52. The van der Waals surface area contributed by atoms with Crippen LogP contribution in [0.15, 0.2) is 85.1 Å². The first-order chi connectivity index (χ1) is 15.7. The molecule has 0 aliphatic rings. The molecule has 0 fully saturated rings. The molecule has 0 N–H and O–H groups in total. The number of allylic oxidation sites excluding steroid dienone is 9. The van der Waals surface area contributed by atoms with Crippen molar-refractivity contribution in [2.75, 3.05) is 0 Å². The fourth-order valence-corrected chi connectivity index (χ4v) is 3.78. The van der Waals surface area contributed by atoms with Crippen LogP contribution in [0.3, 0.4) is 0 Å². The molecule has 0 saturated carbocycles. The van der Waals surface area contributed by atoms with Crippen LogP contribution in [-0.4, -0.2) is 6.29 Å². The summed E-state index contributed by atoms with van der Waals surface area (Å²) in [6.07, 6.45) is 22.9. The first-order valence-electron chi connectivity index (χ1n) is 12.9. The normalized spacial score (nSPS) is 13.2. The van der Waals surface area contributed by atoms with Gasteiger partial charge in [0.15, 0.2) is 0 Å². The van der Waals surface area contributed by atoms with Crippen molar-refractivity contribution in [3.05, 3.63) is 85.1 Å². The van der Waals surface area contributed by atoms with Gasteiger partial charge in [-0.3, -0.25) is 4.79 Å². The smallest absolute Gasteiger partial charge is 0.142 e. The molecule has 1 nitrogen and oxygen atoms in total. The van der Waals surface area contributed by atoms with E-state index < -0.39 is 0 Å². The molecule has 0 unspecified atom stereocenters. The second-order valence-electron chi connectivity index (χ2n) is 9.52. The maximum absolute atomic E-state index is 10.5. The number of carbonyl (C=O) groups is 1. The van der Waals surface area contributed by atoms with Gasteiger partial charge in [0.25, 0.3) is 0 Å². The summed E-state index contributed by atoms with van der Waals surface area (Å²) in [6, 6.07) is 0. The number of aldehydes is 1. The van der Waals surface area contributed by atoms with Gasteiger partial charge in [-0.15, -0.1) is 0 Å². The Balaban J connectivity index is 4.08. The molecule has 0 aromatic heterocycles. The van der Waals surface area contributed by atoms with Crippen LogP contribution in [-0.2, 0) is 4.79 Å². The van der Waals surface area contributed by atoms with Gasteiger partial charge < -0.3 is 0 Å². The summed E-state index contributed by atoms with van der Waals surface area (Å²) < 4.78 is 0. The van der Waals surface area contributed by atoms with Crippen LogP contribution < -0.4 is 0 Å². The van der Waals surface area contributed by atoms with Gasteiger partial charge in [0.2, 0.25) is 0 Å². The lowest BCUT2D eigenvalue weighted by Gasteiger charge is -2.21. The van der Waals surface area contributed by atoms with E-state index in [1.54, 1.807) is 6.08 Å². The molecule has 33 heavy (non-hydrogen) atoms. The minimum atomic E-state index is 0.117.